The molecule has 0 saturated heterocycles. The summed E-state index contributed by atoms with van der Waals surface area (Å²) in [7, 11) is 0. The van der Waals surface area contributed by atoms with Crippen molar-refractivity contribution in [3.63, 3.8) is 0 Å². The van der Waals surface area contributed by atoms with Crippen LogP contribution < -0.4 is 5.32 Å². The van der Waals surface area contributed by atoms with Crippen LogP contribution in [-0.2, 0) is 17.9 Å². The summed E-state index contributed by atoms with van der Waals surface area (Å²) in [5, 5.41) is 21.9. The molecule has 0 unspecified atom stereocenters. The molecule has 0 fully saturated rings. The van der Waals surface area contributed by atoms with Crippen molar-refractivity contribution in [1.29, 1.82) is 0 Å². The molecule has 3 aromatic rings. The van der Waals surface area contributed by atoms with Gasteiger partial charge in [-0.15, -0.1) is 0 Å². The molecule has 0 radical (unpaired) electrons. The van der Waals surface area contributed by atoms with Gasteiger partial charge < -0.3 is 5.32 Å². The maximum Gasteiger partial charge on any atom is 0.309 e. The third kappa shape index (κ3) is 4.78. The van der Waals surface area contributed by atoms with Crippen LogP contribution in [0.4, 0.5) is 11.5 Å². The Kier molecular flexibility index (Phi) is 5.30. The summed E-state index contributed by atoms with van der Waals surface area (Å²) >= 11 is 0. The van der Waals surface area contributed by atoms with Gasteiger partial charge in [-0.3, -0.25) is 24.3 Å². The van der Waals surface area contributed by atoms with Crippen LogP contribution in [0, 0.1) is 24.0 Å². The van der Waals surface area contributed by atoms with Crippen LogP contribution in [0.3, 0.4) is 0 Å². The number of hydrogen-bond acceptors (Lipinski definition) is 5. The standard InChI is InChI=1S/C18H20N6O3/c1-13-4-3-5-15(10-13)11-22-8-6-17(21-22)19-18(25)7-9-23-12-16(24(26)27)14(2)20-23/h3-6,8,10,12H,7,9,11H2,1-2H3,(H,19,21,25). The number of aromatic nitrogens is 4. The SMILES string of the molecule is Cc1cccc(Cn2ccc(NC(=O)CCn3cc([N+](=O)[O-])c(C)n3)n2)c1. The van der Waals surface area contributed by atoms with E-state index in [4.69, 9.17) is 0 Å². The van der Waals surface area contributed by atoms with E-state index >= 15 is 0 Å². The molecule has 2 aromatic heterocycles. The van der Waals surface area contributed by atoms with E-state index in [-0.39, 0.29) is 24.6 Å². The number of nitro groups is 1. The topological polar surface area (TPSA) is 108 Å². The van der Waals surface area contributed by atoms with Crippen LogP contribution in [0.25, 0.3) is 0 Å². The molecule has 3 rings (SSSR count). The highest BCUT2D eigenvalue weighted by atomic mass is 16.6. The minimum Gasteiger partial charge on any atom is -0.309 e. The Morgan fingerprint density at radius 2 is 2.04 bits per heavy atom. The Hall–Kier alpha value is -3.49. The number of aryl methyl sites for hydroxylation is 3. The summed E-state index contributed by atoms with van der Waals surface area (Å²) in [6, 6.07) is 9.88. The Labute approximate surface area is 155 Å². The fourth-order valence-corrected chi connectivity index (χ4v) is 2.74. The highest BCUT2D eigenvalue weighted by molar-refractivity contribution is 5.89. The monoisotopic (exact) mass is 368 g/mol. The number of rotatable bonds is 7. The molecule has 0 bridgehead atoms. The van der Waals surface area contributed by atoms with Crippen LogP contribution in [-0.4, -0.2) is 30.4 Å². The number of anilines is 1. The predicted octanol–water partition coefficient (Wildman–Crippen LogP) is 2.68. The van der Waals surface area contributed by atoms with Crippen molar-refractivity contribution in [3.8, 4) is 0 Å². The van der Waals surface area contributed by atoms with Gasteiger partial charge in [0.2, 0.25) is 5.91 Å². The summed E-state index contributed by atoms with van der Waals surface area (Å²) in [6.45, 7) is 4.47. The van der Waals surface area contributed by atoms with Gasteiger partial charge in [0.25, 0.3) is 0 Å². The Bertz CT molecular complexity index is 975. The second kappa shape index (κ2) is 7.81. The number of carbonyl (C=O) groups excluding carboxylic acids is 1. The third-order valence-corrected chi connectivity index (χ3v) is 4.02. The lowest BCUT2D eigenvalue weighted by molar-refractivity contribution is -0.385. The molecule has 0 atom stereocenters. The number of amides is 1. The summed E-state index contributed by atoms with van der Waals surface area (Å²) in [5.74, 6) is 0.238. The van der Waals surface area contributed by atoms with E-state index in [0.717, 1.165) is 5.56 Å². The Morgan fingerprint density at radius 3 is 2.74 bits per heavy atom. The largest absolute Gasteiger partial charge is 0.309 e. The van der Waals surface area contributed by atoms with Gasteiger partial charge in [0.05, 0.1) is 11.5 Å². The fourth-order valence-electron chi connectivity index (χ4n) is 2.74. The van der Waals surface area contributed by atoms with Crippen molar-refractivity contribution in [2.75, 3.05) is 5.32 Å². The van der Waals surface area contributed by atoms with Gasteiger partial charge in [-0.25, -0.2) is 0 Å². The van der Waals surface area contributed by atoms with E-state index in [0.29, 0.717) is 18.1 Å². The zero-order valence-electron chi connectivity index (χ0n) is 15.1. The first-order chi connectivity index (χ1) is 12.9. The van der Waals surface area contributed by atoms with Crippen molar-refractivity contribution in [2.24, 2.45) is 0 Å². The highest BCUT2D eigenvalue weighted by Gasteiger charge is 2.15. The maximum absolute atomic E-state index is 12.1. The Balaban J connectivity index is 1.53. The van der Waals surface area contributed by atoms with Crippen LogP contribution in [0.1, 0.15) is 23.2 Å². The summed E-state index contributed by atoms with van der Waals surface area (Å²) < 4.78 is 3.16. The normalized spacial score (nSPS) is 10.7. The average Bonchev–Trinajstić information content (AvgIpc) is 3.19. The number of nitrogens with one attached hydrogen (secondary N) is 1. The van der Waals surface area contributed by atoms with Crippen LogP contribution in [0.2, 0.25) is 0 Å². The van der Waals surface area contributed by atoms with E-state index in [1.165, 1.54) is 16.4 Å². The summed E-state index contributed by atoms with van der Waals surface area (Å²) in [6.07, 6.45) is 3.28. The molecule has 27 heavy (non-hydrogen) atoms. The molecule has 1 aromatic carbocycles. The number of carbonyl (C=O) groups is 1. The van der Waals surface area contributed by atoms with Crippen LogP contribution >= 0.6 is 0 Å². The summed E-state index contributed by atoms with van der Waals surface area (Å²) in [5.41, 5.74) is 2.59. The van der Waals surface area contributed by atoms with Crippen LogP contribution in [0.5, 0.6) is 0 Å². The highest BCUT2D eigenvalue weighted by Crippen LogP contribution is 2.15. The van der Waals surface area contributed by atoms with Crippen molar-refractivity contribution >= 4 is 17.4 Å². The molecule has 9 nitrogen and oxygen atoms in total. The Morgan fingerprint density at radius 1 is 1.22 bits per heavy atom. The first-order valence-electron chi connectivity index (χ1n) is 8.48. The van der Waals surface area contributed by atoms with Gasteiger partial charge in [0.1, 0.15) is 11.9 Å². The first-order valence-corrected chi connectivity index (χ1v) is 8.48. The van der Waals surface area contributed by atoms with E-state index in [1.807, 2.05) is 25.1 Å². The lowest BCUT2D eigenvalue weighted by Crippen LogP contribution is -2.15. The zero-order valence-corrected chi connectivity index (χ0v) is 15.1. The molecule has 1 N–H and O–H groups in total. The van der Waals surface area contributed by atoms with E-state index in [9.17, 15) is 14.9 Å². The lowest BCUT2D eigenvalue weighted by atomic mass is 10.1. The first kappa shape index (κ1) is 18.3. The maximum atomic E-state index is 12.1. The number of benzene rings is 1. The van der Waals surface area contributed by atoms with Gasteiger partial charge in [0, 0.05) is 25.2 Å². The molecule has 0 aliphatic rings. The number of hydrogen-bond donors (Lipinski definition) is 1. The molecule has 1 amide bonds. The lowest BCUT2D eigenvalue weighted by Gasteiger charge is -2.04. The summed E-state index contributed by atoms with van der Waals surface area (Å²) in [4.78, 5) is 22.4. The van der Waals surface area contributed by atoms with Gasteiger partial charge in [0.15, 0.2) is 5.82 Å². The minimum absolute atomic E-state index is 0.0506. The molecular weight excluding hydrogens is 348 g/mol. The molecule has 140 valence electrons. The second-order valence-corrected chi connectivity index (χ2v) is 6.31. The van der Waals surface area contributed by atoms with E-state index in [2.05, 4.69) is 21.6 Å². The fraction of sp³-hybridized carbons (Fsp3) is 0.278. The predicted molar refractivity (Wildman–Crippen MR) is 99.4 cm³/mol. The molecule has 0 aliphatic carbocycles. The number of nitrogens with zero attached hydrogens (tertiary/aromatic N) is 5. The van der Waals surface area contributed by atoms with Crippen LogP contribution in [0.15, 0.2) is 42.7 Å². The molecule has 0 aliphatic heterocycles. The van der Waals surface area contributed by atoms with E-state index in [1.54, 1.807) is 23.9 Å². The molecule has 9 heteroatoms. The zero-order chi connectivity index (χ0) is 19.4. The quantitative estimate of drug-likeness (QED) is 0.509. The minimum atomic E-state index is -0.486. The molecular formula is C18H20N6O3. The molecule has 0 saturated carbocycles. The van der Waals surface area contributed by atoms with Crippen molar-refractivity contribution in [2.45, 2.75) is 33.4 Å². The van der Waals surface area contributed by atoms with Crippen molar-refractivity contribution in [1.82, 2.24) is 19.6 Å². The smallest absolute Gasteiger partial charge is 0.309 e. The van der Waals surface area contributed by atoms with Crippen molar-refractivity contribution in [3.05, 3.63) is 69.7 Å². The van der Waals surface area contributed by atoms with Crippen molar-refractivity contribution < 1.29 is 9.72 Å². The molecule has 2 heterocycles. The van der Waals surface area contributed by atoms with Gasteiger partial charge in [-0.05, 0) is 19.4 Å². The van der Waals surface area contributed by atoms with Gasteiger partial charge in [-0.2, -0.15) is 10.2 Å². The van der Waals surface area contributed by atoms with E-state index < -0.39 is 4.92 Å². The van der Waals surface area contributed by atoms with Gasteiger partial charge in [-0.1, -0.05) is 29.8 Å². The van der Waals surface area contributed by atoms with Gasteiger partial charge >= 0.3 is 5.69 Å². The second-order valence-electron chi connectivity index (χ2n) is 6.31. The average molecular weight is 368 g/mol. The molecule has 0 spiro atoms. The third-order valence-electron chi connectivity index (χ3n) is 4.02.